The quantitative estimate of drug-likeness (QED) is 0.648. The maximum Gasteiger partial charge on any atom is 0.222 e. The highest BCUT2D eigenvalue weighted by Gasteiger charge is 2.20. The Labute approximate surface area is 89.4 Å². The molecule has 2 N–H and O–H groups in total. The molecule has 1 rings (SSSR count). The molecule has 5 heteroatoms. The van der Waals surface area contributed by atoms with Gasteiger partial charge < -0.3 is 15.3 Å². The Kier molecular flexibility index (Phi) is 4.55. The molecule has 0 aromatic rings. The highest BCUT2D eigenvalue weighted by Crippen LogP contribution is 2.09. The second kappa shape index (κ2) is 5.70. The number of carbonyl (C=O) groups is 2. The normalized spacial score (nSPS) is 18.0. The van der Waals surface area contributed by atoms with E-state index in [9.17, 15) is 9.59 Å². The highest BCUT2D eigenvalue weighted by molar-refractivity contribution is 5.80. The number of carbonyl (C=O) groups excluding carboxylic acids is 2. The van der Waals surface area contributed by atoms with Crippen LogP contribution >= 0.6 is 0 Å². The molecule has 1 atom stereocenters. The van der Waals surface area contributed by atoms with Crippen LogP contribution in [0.5, 0.6) is 0 Å². The average molecular weight is 214 g/mol. The Balaban J connectivity index is 2.13. The minimum atomic E-state index is -0.526. The van der Waals surface area contributed by atoms with E-state index in [1.54, 1.807) is 11.8 Å². The van der Waals surface area contributed by atoms with Crippen LogP contribution in [0.1, 0.15) is 26.2 Å². The number of likely N-dealkylation sites (tertiary alicyclic amines) is 1. The van der Waals surface area contributed by atoms with Gasteiger partial charge in [-0.15, -0.1) is 0 Å². The number of hydrogen-bond donors (Lipinski definition) is 2. The summed E-state index contributed by atoms with van der Waals surface area (Å²) >= 11 is 0. The summed E-state index contributed by atoms with van der Waals surface area (Å²) in [6.45, 7) is 3.14. The first kappa shape index (κ1) is 12.0. The predicted molar refractivity (Wildman–Crippen MR) is 55.1 cm³/mol. The lowest BCUT2D eigenvalue weighted by molar-refractivity contribution is -0.128. The molecular weight excluding hydrogens is 196 g/mol. The molecule has 1 saturated heterocycles. The molecule has 0 saturated carbocycles. The monoisotopic (exact) mass is 214 g/mol. The van der Waals surface area contributed by atoms with E-state index in [0.717, 1.165) is 13.0 Å². The van der Waals surface area contributed by atoms with E-state index in [1.165, 1.54) is 0 Å². The summed E-state index contributed by atoms with van der Waals surface area (Å²) in [6, 6.07) is 0. The Hall–Kier alpha value is -1.10. The highest BCUT2D eigenvalue weighted by atomic mass is 16.3. The zero-order valence-corrected chi connectivity index (χ0v) is 9.03. The van der Waals surface area contributed by atoms with Crippen molar-refractivity contribution >= 4 is 11.8 Å². The van der Waals surface area contributed by atoms with Crippen LogP contribution in [0, 0.1) is 0 Å². The SMILES string of the molecule is CC(O)CNC(=O)CCN1CCCC1=O. The molecule has 15 heavy (non-hydrogen) atoms. The van der Waals surface area contributed by atoms with Gasteiger partial charge in [0, 0.05) is 32.5 Å². The van der Waals surface area contributed by atoms with Crippen LogP contribution in [-0.2, 0) is 9.59 Å². The first-order chi connectivity index (χ1) is 7.09. The van der Waals surface area contributed by atoms with Crippen molar-refractivity contribution in [1.82, 2.24) is 10.2 Å². The molecule has 0 spiro atoms. The van der Waals surface area contributed by atoms with Crippen molar-refractivity contribution in [3.8, 4) is 0 Å². The van der Waals surface area contributed by atoms with Crippen molar-refractivity contribution < 1.29 is 14.7 Å². The van der Waals surface area contributed by atoms with Gasteiger partial charge in [0.2, 0.25) is 11.8 Å². The second-order valence-electron chi connectivity index (χ2n) is 3.89. The fourth-order valence-corrected chi connectivity index (χ4v) is 1.53. The summed E-state index contributed by atoms with van der Waals surface area (Å²) in [7, 11) is 0. The molecule has 0 bridgehead atoms. The van der Waals surface area contributed by atoms with Crippen molar-refractivity contribution in [2.75, 3.05) is 19.6 Å². The molecule has 86 valence electrons. The maximum absolute atomic E-state index is 11.3. The molecule has 0 aromatic carbocycles. The Bertz CT molecular complexity index is 241. The molecule has 1 fully saturated rings. The summed E-state index contributed by atoms with van der Waals surface area (Å²) < 4.78 is 0. The number of aliphatic hydroxyl groups is 1. The fraction of sp³-hybridized carbons (Fsp3) is 0.800. The number of amides is 2. The van der Waals surface area contributed by atoms with Gasteiger partial charge in [0.05, 0.1) is 6.10 Å². The predicted octanol–water partition coefficient (Wildman–Crippen LogP) is -0.504. The van der Waals surface area contributed by atoms with E-state index in [4.69, 9.17) is 5.11 Å². The molecule has 1 aliphatic rings. The molecular formula is C10H18N2O3. The van der Waals surface area contributed by atoms with Crippen LogP contribution in [-0.4, -0.2) is 47.6 Å². The number of nitrogens with one attached hydrogen (secondary N) is 1. The molecule has 0 aliphatic carbocycles. The Morgan fingerprint density at radius 2 is 2.40 bits per heavy atom. The van der Waals surface area contributed by atoms with Gasteiger partial charge in [0.25, 0.3) is 0 Å². The molecule has 2 amide bonds. The number of aliphatic hydroxyl groups excluding tert-OH is 1. The van der Waals surface area contributed by atoms with Gasteiger partial charge in [0.1, 0.15) is 0 Å². The molecule has 1 aliphatic heterocycles. The fourth-order valence-electron chi connectivity index (χ4n) is 1.53. The lowest BCUT2D eigenvalue weighted by atomic mass is 10.3. The molecule has 1 heterocycles. The zero-order chi connectivity index (χ0) is 11.3. The van der Waals surface area contributed by atoms with Crippen LogP contribution in [0.15, 0.2) is 0 Å². The van der Waals surface area contributed by atoms with Gasteiger partial charge in [-0.25, -0.2) is 0 Å². The lowest BCUT2D eigenvalue weighted by Crippen LogP contribution is -2.34. The van der Waals surface area contributed by atoms with Crippen LogP contribution in [0.25, 0.3) is 0 Å². The molecule has 0 radical (unpaired) electrons. The largest absolute Gasteiger partial charge is 0.392 e. The third-order valence-corrected chi connectivity index (χ3v) is 2.37. The summed E-state index contributed by atoms with van der Waals surface area (Å²) in [4.78, 5) is 24.2. The zero-order valence-electron chi connectivity index (χ0n) is 9.03. The van der Waals surface area contributed by atoms with E-state index in [0.29, 0.717) is 19.4 Å². The van der Waals surface area contributed by atoms with E-state index in [-0.39, 0.29) is 18.4 Å². The average Bonchev–Trinajstić information content (AvgIpc) is 2.58. The van der Waals surface area contributed by atoms with E-state index in [1.807, 2.05) is 0 Å². The minimum Gasteiger partial charge on any atom is -0.392 e. The van der Waals surface area contributed by atoms with E-state index >= 15 is 0 Å². The smallest absolute Gasteiger partial charge is 0.222 e. The van der Waals surface area contributed by atoms with Gasteiger partial charge >= 0.3 is 0 Å². The van der Waals surface area contributed by atoms with Crippen molar-refractivity contribution in [3.63, 3.8) is 0 Å². The van der Waals surface area contributed by atoms with Crippen LogP contribution < -0.4 is 5.32 Å². The van der Waals surface area contributed by atoms with Gasteiger partial charge in [-0.3, -0.25) is 9.59 Å². The first-order valence-electron chi connectivity index (χ1n) is 5.32. The summed E-state index contributed by atoms with van der Waals surface area (Å²) in [5, 5.41) is 11.5. The number of nitrogens with zero attached hydrogens (tertiary/aromatic N) is 1. The number of hydrogen-bond acceptors (Lipinski definition) is 3. The molecule has 5 nitrogen and oxygen atoms in total. The summed E-state index contributed by atoms with van der Waals surface area (Å²) in [5.41, 5.74) is 0. The van der Waals surface area contributed by atoms with Gasteiger partial charge in [-0.2, -0.15) is 0 Å². The topological polar surface area (TPSA) is 69.6 Å². The van der Waals surface area contributed by atoms with Crippen molar-refractivity contribution in [2.45, 2.75) is 32.3 Å². The first-order valence-corrected chi connectivity index (χ1v) is 5.32. The van der Waals surface area contributed by atoms with E-state index in [2.05, 4.69) is 5.32 Å². The maximum atomic E-state index is 11.3. The molecule has 1 unspecified atom stereocenters. The van der Waals surface area contributed by atoms with Crippen LogP contribution in [0.4, 0.5) is 0 Å². The van der Waals surface area contributed by atoms with Crippen molar-refractivity contribution in [1.29, 1.82) is 0 Å². The number of rotatable bonds is 5. The second-order valence-corrected chi connectivity index (χ2v) is 3.89. The van der Waals surface area contributed by atoms with Gasteiger partial charge in [-0.1, -0.05) is 0 Å². The van der Waals surface area contributed by atoms with Crippen molar-refractivity contribution in [2.24, 2.45) is 0 Å². The lowest BCUT2D eigenvalue weighted by Gasteiger charge is -2.15. The van der Waals surface area contributed by atoms with Crippen molar-refractivity contribution in [3.05, 3.63) is 0 Å². The van der Waals surface area contributed by atoms with Gasteiger partial charge in [0.15, 0.2) is 0 Å². The minimum absolute atomic E-state index is 0.115. The Morgan fingerprint density at radius 3 is 2.93 bits per heavy atom. The Morgan fingerprint density at radius 1 is 1.67 bits per heavy atom. The molecule has 0 aromatic heterocycles. The third-order valence-electron chi connectivity index (χ3n) is 2.37. The summed E-state index contributed by atoms with van der Waals surface area (Å²) in [6.07, 6.45) is 1.30. The summed E-state index contributed by atoms with van der Waals surface area (Å²) in [5.74, 6) is 0.0222. The van der Waals surface area contributed by atoms with Crippen LogP contribution in [0.3, 0.4) is 0 Å². The third kappa shape index (κ3) is 4.29. The van der Waals surface area contributed by atoms with Crippen LogP contribution in [0.2, 0.25) is 0 Å². The standard InChI is InChI=1S/C10H18N2O3/c1-8(13)7-11-9(14)4-6-12-5-2-3-10(12)15/h8,13H,2-7H2,1H3,(H,11,14). The van der Waals surface area contributed by atoms with E-state index < -0.39 is 6.10 Å². The van der Waals surface area contributed by atoms with Gasteiger partial charge in [-0.05, 0) is 13.3 Å².